The Balaban J connectivity index is 3.57. The van der Waals surface area contributed by atoms with Gasteiger partial charge in [-0.05, 0) is 25.7 Å². The fourth-order valence-corrected chi connectivity index (χ4v) is 1.75. The molecule has 19 heavy (non-hydrogen) atoms. The topological polar surface area (TPSA) is 36.9 Å². The summed E-state index contributed by atoms with van der Waals surface area (Å²) in [4.78, 5) is 0. The number of ether oxygens (including phenoxy) is 4. The minimum Gasteiger partial charge on any atom is -0.379 e. The van der Waals surface area contributed by atoms with Crippen LogP contribution in [0.15, 0.2) is 0 Å². The fourth-order valence-electron chi connectivity index (χ4n) is 1.43. The highest BCUT2D eigenvalue weighted by atomic mass is 79.9. The SMILES string of the molecule is CCCOCCOC(CCCBr)OCCOCCC. The molecule has 0 aliphatic heterocycles. The molecule has 0 rings (SSSR count). The van der Waals surface area contributed by atoms with Gasteiger partial charge in [-0.3, -0.25) is 0 Å². The third-order valence-corrected chi connectivity index (χ3v) is 2.89. The van der Waals surface area contributed by atoms with Crippen LogP contribution >= 0.6 is 15.9 Å². The monoisotopic (exact) mass is 340 g/mol. The maximum Gasteiger partial charge on any atom is 0.157 e. The fraction of sp³-hybridized carbons (Fsp3) is 1.00. The highest BCUT2D eigenvalue weighted by Gasteiger charge is 2.08. The molecule has 0 saturated carbocycles. The van der Waals surface area contributed by atoms with E-state index in [2.05, 4.69) is 29.8 Å². The molecule has 0 fully saturated rings. The van der Waals surface area contributed by atoms with Gasteiger partial charge in [0.25, 0.3) is 0 Å². The van der Waals surface area contributed by atoms with Crippen LogP contribution in [0.4, 0.5) is 0 Å². The third kappa shape index (κ3) is 14.5. The van der Waals surface area contributed by atoms with Gasteiger partial charge in [-0.2, -0.15) is 0 Å². The standard InChI is InChI=1S/C14H29BrO4/c1-3-8-16-10-12-18-14(6-5-7-15)19-13-11-17-9-4-2/h14H,3-13H2,1-2H3. The number of halogens is 1. The van der Waals surface area contributed by atoms with Gasteiger partial charge < -0.3 is 18.9 Å². The minimum atomic E-state index is -0.145. The summed E-state index contributed by atoms with van der Waals surface area (Å²) >= 11 is 3.42. The van der Waals surface area contributed by atoms with E-state index < -0.39 is 0 Å². The predicted molar refractivity (Wildman–Crippen MR) is 80.9 cm³/mol. The van der Waals surface area contributed by atoms with E-state index in [1.165, 1.54) is 0 Å². The highest BCUT2D eigenvalue weighted by Crippen LogP contribution is 2.06. The number of rotatable bonds is 15. The molecule has 0 heterocycles. The van der Waals surface area contributed by atoms with E-state index in [1.807, 2.05) is 0 Å². The Morgan fingerprint density at radius 3 is 1.74 bits per heavy atom. The van der Waals surface area contributed by atoms with Crippen LogP contribution in [0.25, 0.3) is 0 Å². The zero-order valence-corrected chi connectivity index (χ0v) is 14.0. The molecule has 0 aromatic heterocycles. The Bertz CT molecular complexity index is 156. The van der Waals surface area contributed by atoms with Gasteiger partial charge in [0.05, 0.1) is 26.4 Å². The summed E-state index contributed by atoms with van der Waals surface area (Å²) < 4.78 is 22.1. The third-order valence-electron chi connectivity index (χ3n) is 2.33. The van der Waals surface area contributed by atoms with Crippen molar-refractivity contribution < 1.29 is 18.9 Å². The lowest BCUT2D eigenvalue weighted by atomic mass is 10.3. The number of alkyl halides is 1. The number of hydrogen-bond acceptors (Lipinski definition) is 4. The molecule has 0 aromatic rings. The molecule has 0 spiro atoms. The summed E-state index contributed by atoms with van der Waals surface area (Å²) in [5.74, 6) is 0. The normalized spacial score (nSPS) is 11.4. The van der Waals surface area contributed by atoms with Crippen molar-refractivity contribution in [2.45, 2.75) is 45.8 Å². The van der Waals surface area contributed by atoms with Gasteiger partial charge in [0.15, 0.2) is 6.29 Å². The van der Waals surface area contributed by atoms with Crippen molar-refractivity contribution in [2.24, 2.45) is 0 Å². The van der Waals surface area contributed by atoms with Crippen molar-refractivity contribution in [1.82, 2.24) is 0 Å². The smallest absolute Gasteiger partial charge is 0.157 e. The van der Waals surface area contributed by atoms with Crippen molar-refractivity contribution in [3.05, 3.63) is 0 Å². The van der Waals surface area contributed by atoms with Crippen LogP contribution in [0, 0.1) is 0 Å². The van der Waals surface area contributed by atoms with E-state index in [0.717, 1.165) is 44.2 Å². The maximum absolute atomic E-state index is 5.67. The van der Waals surface area contributed by atoms with E-state index >= 15 is 0 Å². The molecule has 0 bridgehead atoms. The Hall–Kier alpha value is 0.320. The van der Waals surface area contributed by atoms with E-state index in [9.17, 15) is 0 Å². The average molecular weight is 341 g/mol. The minimum absolute atomic E-state index is 0.145. The second kappa shape index (κ2) is 16.4. The molecule has 0 aliphatic carbocycles. The molecule has 5 heteroatoms. The van der Waals surface area contributed by atoms with E-state index in [1.54, 1.807) is 0 Å². The zero-order valence-electron chi connectivity index (χ0n) is 12.4. The molecule has 116 valence electrons. The summed E-state index contributed by atoms with van der Waals surface area (Å²) in [7, 11) is 0. The van der Waals surface area contributed by atoms with Crippen LogP contribution in [0.1, 0.15) is 39.5 Å². The number of hydrogen-bond donors (Lipinski definition) is 0. The molecular formula is C14H29BrO4. The summed E-state index contributed by atoms with van der Waals surface area (Å²) in [6.07, 6.45) is 3.87. The quantitative estimate of drug-likeness (QED) is 0.260. The lowest BCUT2D eigenvalue weighted by Gasteiger charge is -2.18. The Kier molecular flexibility index (Phi) is 16.7. The van der Waals surface area contributed by atoms with Crippen LogP contribution in [0.5, 0.6) is 0 Å². The Morgan fingerprint density at radius 1 is 0.789 bits per heavy atom. The van der Waals surface area contributed by atoms with Gasteiger partial charge in [0.2, 0.25) is 0 Å². The maximum atomic E-state index is 5.67. The van der Waals surface area contributed by atoms with Gasteiger partial charge in [0, 0.05) is 18.5 Å². The molecular weight excluding hydrogens is 312 g/mol. The molecule has 4 nitrogen and oxygen atoms in total. The van der Waals surface area contributed by atoms with Gasteiger partial charge in [-0.15, -0.1) is 0 Å². The lowest BCUT2D eigenvalue weighted by Crippen LogP contribution is -2.22. The van der Waals surface area contributed by atoms with Crippen LogP contribution in [0.3, 0.4) is 0 Å². The van der Waals surface area contributed by atoms with Crippen molar-refractivity contribution in [1.29, 1.82) is 0 Å². The summed E-state index contributed by atoms with van der Waals surface area (Å²) in [6.45, 7) is 8.22. The van der Waals surface area contributed by atoms with E-state index in [-0.39, 0.29) is 6.29 Å². The van der Waals surface area contributed by atoms with E-state index in [0.29, 0.717) is 26.4 Å². The summed E-state index contributed by atoms with van der Waals surface area (Å²) in [5.41, 5.74) is 0. The van der Waals surface area contributed by atoms with Crippen molar-refractivity contribution in [2.75, 3.05) is 45.0 Å². The summed E-state index contributed by atoms with van der Waals surface area (Å²) in [5, 5.41) is 0.967. The highest BCUT2D eigenvalue weighted by molar-refractivity contribution is 9.09. The first-order valence-corrected chi connectivity index (χ1v) is 8.41. The average Bonchev–Trinajstić information content (AvgIpc) is 2.43. The second-order valence-corrected chi connectivity index (χ2v) is 5.02. The predicted octanol–water partition coefficient (Wildman–Crippen LogP) is 3.37. The van der Waals surface area contributed by atoms with Gasteiger partial charge in [-0.1, -0.05) is 29.8 Å². The molecule has 0 radical (unpaired) electrons. The van der Waals surface area contributed by atoms with Gasteiger partial charge >= 0.3 is 0 Å². The van der Waals surface area contributed by atoms with Crippen LogP contribution in [-0.4, -0.2) is 51.3 Å². The first-order valence-electron chi connectivity index (χ1n) is 7.29. The molecule has 0 aliphatic rings. The van der Waals surface area contributed by atoms with Crippen LogP contribution < -0.4 is 0 Å². The molecule has 0 amide bonds. The second-order valence-electron chi connectivity index (χ2n) is 4.23. The van der Waals surface area contributed by atoms with Crippen molar-refractivity contribution in [3.63, 3.8) is 0 Å². The lowest BCUT2D eigenvalue weighted by molar-refractivity contribution is -0.160. The largest absolute Gasteiger partial charge is 0.379 e. The first kappa shape index (κ1) is 19.3. The molecule has 0 atom stereocenters. The molecule has 0 saturated heterocycles. The van der Waals surface area contributed by atoms with Crippen LogP contribution in [-0.2, 0) is 18.9 Å². The summed E-state index contributed by atoms with van der Waals surface area (Å²) in [6, 6.07) is 0. The molecule has 0 unspecified atom stereocenters. The van der Waals surface area contributed by atoms with Crippen molar-refractivity contribution >= 4 is 15.9 Å². The van der Waals surface area contributed by atoms with Gasteiger partial charge in [0.1, 0.15) is 0 Å². The van der Waals surface area contributed by atoms with Crippen molar-refractivity contribution in [3.8, 4) is 0 Å². The van der Waals surface area contributed by atoms with Gasteiger partial charge in [-0.25, -0.2) is 0 Å². The Morgan fingerprint density at radius 2 is 1.32 bits per heavy atom. The first-order chi connectivity index (χ1) is 9.35. The molecule has 0 aromatic carbocycles. The molecule has 0 N–H and O–H groups in total. The van der Waals surface area contributed by atoms with Crippen LogP contribution in [0.2, 0.25) is 0 Å². The van der Waals surface area contributed by atoms with E-state index in [4.69, 9.17) is 18.9 Å². The Labute approximate surface area is 126 Å². The zero-order chi connectivity index (χ0) is 14.2.